The number of carbonyl (C=O) groups excluding carboxylic acids is 2. The first kappa shape index (κ1) is 21.2. The van der Waals surface area contributed by atoms with Crippen LogP contribution in [0.3, 0.4) is 0 Å². The van der Waals surface area contributed by atoms with E-state index in [1.54, 1.807) is 20.8 Å². The van der Waals surface area contributed by atoms with Gasteiger partial charge in [-0.05, 0) is 33.3 Å². The van der Waals surface area contributed by atoms with Crippen molar-refractivity contribution in [1.29, 1.82) is 0 Å². The average Bonchev–Trinajstić information content (AvgIpc) is 2.39. The molecular weight excluding hydrogens is 328 g/mol. The minimum atomic E-state index is -0.394. The second-order valence-corrected chi connectivity index (χ2v) is 4.34. The third-order valence-electron chi connectivity index (χ3n) is 1.76. The quantitative estimate of drug-likeness (QED) is 0.452. The summed E-state index contributed by atoms with van der Waals surface area (Å²) >= 11 is 3.22. The number of esters is 2. The first-order chi connectivity index (χ1) is 9.40. The summed E-state index contributed by atoms with van der Waals surface area (Å²) in [6.07, 6.45) is 2.77. The molecule has 0 aromatic heterocycles. The normalized spacial score (nSPS) is 11.3. The predicted molar refractivity (Wildman–Crippen MR) is 81.7 cm³/mol. The van der Waals surface area contributed by atoms with Crippen LogP contribution in [0.4, 0.5) is 0 Å². The van der Waals surface area contributed by atoms with Gasteiger partial charge in [-0.1, -0.05) is 21.5 Å². The number of ether oxygens (including phenoxy) is 2. The molecule has 1 N–H and O–H groups in total. The number of aliphatic hydroxyl groups is 1. The predicted octanol–water partition coefficient (Wildman–Crippen LogP) is 2.38. The number of allylic oxidation sites excluding steroid dienone is 1. The van der Waals surface area contributed by atoms with E-state index in [0.717, 1.165) is 5.57 Å². The molecule has 0 rings (SSSR count). The highest BCUT2D eigenvalue weighted by Crippen LogP contribution is 1.97. The van der Waals surface area contributed by atoms with Crippen LogP contribution in [0.25, 0.3) is 0 Å². The molecule has 0 aliphatic rings. The van der Waals surface area contributed by atoms with E-state index in [0.29, 0.717) is 24.1 Å². The summed E-state index contributed by atoms with van der Waals surface area (Å²) in [6.45, 7) is 7.76. The molecule has 0 fully saturated rings. The fraction of sp³-hybridized carbons (Fsp3) is 0.571. The maximum absolute atomic E-state index is 10.7. The molecule has 0 saturated heterocycles. The molecule has 20 heavy (non-hydrogen) atoms. The molecule has 0 aromatic carbocycles. The summed E-state index contributed by atoms with van der Waals surface area (Å²) in [5.74, 6) is -0.659. The molecule has 0 aliphatic carbocycles. The van der Waals surface area contributed by atoms with Crippen LogP contribution in [0.15, 0.2) is 23.3 Å². The third kappa shape index (κ3) is 14.9. The standard InChI is InChI=1S/C7H11BrO2.C7H12O3/c2*1-3-10-7(9)4-6(2)5-8/h4H,3,5H2,1-2H3;4,8H,3,5H2,1-2H3/b2*6-4+. The zero-order valence-electron chi connectivity index (χ0n) is 12.4. The van der Waals surface area contributed by atoms with Crippen LogP contribution >= 0.6 is 15.9 Å². The fourth-order valence-electron chi connectivity index (χ4n) is 0.854. The van der Waals surface area contributed by atoms with Crippen LogP contribution in [0.5, 0.6) is 0 Å². The SMILES string of the molecule is CCOC(=O)/C=C(\C)CBr.CCOC(=O)/C=C(\C)CO. The topological polar surface area (TPSA) is 72.8 Å². The van der Waals surface area contributed by atoms with Crippen LogP contribution in [-0.4, -0.2) is 42.2 Å². The second-order valence-electron chi connectivity index (χ2n) is 3.78. The van der Waals surface area contributed by atoms with E-state index in [-0.39, 0.29) is 12.6 Å². The molecule has 0 atom stereocenters. The molecule has 0 radical (unpaired) electrons. The molecule has 0 amide bonds. The molecule has 116 valence electrons. The Labute approximate surface area is 128 Å². The van der Waals surface area contributed by atoms with E-state index in [1.807, 2.05) is 6.92 Å². The molecule has 0 aliphatic heterocycles. The minimum Gasteiger partial charge on any atom is -0.463 e. The number of halogens is 1. The molecule has 0 spiro atoms. The van der Waals surface area contributed by atoms with Crippen LogP contribution in [0.2, 0.25) is 0 Å². The van der Waals surface area contributed by atoms with Crippen molar-refractivity contribution in [2.75, 3.05) is 25.2 Å². The van der Waals surface area contributed by atoms with Gasteiger partial charge < -0.3 is 14.6 Å². The number of hydrogen-bond donors (Lipinski definition) is 1. The zero-order chi connectivity index (χ0) is 16.0. The second kappa shape index (κ2) is 14.3. The number of carbonyl (C=O) groups is 2. The van der Waals surface area contributed by atoms with Crippen molar-refractivity contribution in [1.82, 2.24) is 0 Å². The Morgan fingerprint density at radius 1 is 1.00 bits per heavy atom. The Kier molecular flexibility index (Phi) is 15.1. The van der Waals surface area contributed by atoms with Crippen molar-refractivity contribution < 1.29 is 24.2 Å². The number of hydrogen-bond acceptors (Lipinski definition) is 5. The van der Waals surface area contributed by atoms with Crippen molar-refractivity contribution in [3.8, 4) is 0 Å². The lowest BCUT2D eigenvalue weighted by molar-refractivity contribution is -0.138. The van der Waals surface area contributed by atoms with Gasteiger partial charge in [-0.3, -0.25) is 0 Å². The van der Waals surface area contributed by atoms with Crippen molar-refractivity contribution in [3.05, 3.63) is 23.3 Å². The monoisotopic (exact) mass is 350 g/mol. The van der Waals surface area contributed by atoms with E-state index < -0.39 is 5.97 Å². The highest BCUT2D eigenvalue weighted by Gasteiger charge is 1.95. The molecule has 0 heterocycles. The number of aliphatic hydroxyl groups excluding tert-OH is 1. The highest BCUT2D eigenvalue weighted by molar-refractivity contribution is 9.09. The van der Waals surface area contributed by atoms with E-state index in [4.69, 9.17) is 5.11 Å². The van der Waals surface area contributed by atoms with E-state index >= 15 is 0 Å². The Morgan fingerprint density at radius 3 is 1.70 bits per heavy atom. The van der Waals surface area contributed by atoms with Gasteiger partial charge in [0.15, 0.2) is 0 Å². The molecule has 5 nitrogen and oxygen atoms in total. The van der Waals surface area contributed by atoms with Gasteiger partial charge >= 0.3 is 11.9 Å². The summed E-state index contributed by atoms with van der Waals surface area (Å²) < 4.78 is 9.27. The van der Waals surface area contributed by atoms with Gasteiger partial charge in [0, 0.05) is 17.5 Å². The van der Waals surface area contributed by atoms with Crippen molar-refractivity contribution >= 4 is 27.9 Å². The van der Waals surface area contributed by atoms with Gasteiger partial charge in [-0.15, -0.1) is 0 Å². The van der Waals surface area contributed by atoms with Gasteiger partial charge in [0.05, 0.1) is 19.8 Å². The van der Waals surface area contributed by atoms with Crippen molar-refractivity contribution in [2.24, 2.45) is 0 Å². The summed E-state index contributed by atoms with van der Waals surface area (Å²) in [6, 6.07) is 0. The van der Waals surface area contributed by atoms with Gasteiger partial charge in [0.25, 0.3) is 0 Å². The van der Waals surface area contributed by atoms with E-state index in [9.17, 15) is 9.59 Å². The lowest BCUT2D eigenvalue weighted by atomic mass is 10.3. The molecule has 0 unspecified atom stereocenters. The lowest BCUT2D eigenvalue weighted by Crippen LogP contribution is -2.01. The summed E-state index contributed by atoms with van der Waals surface area (Å²) in [5.41, 5.74) is 1.58. The van der Waals surface area contributed by atoms with Crippen molar-refractivity contribution in [3.63, 3.8) is 0 Å². The Morgan fingerprint density at radius 2 is 1.40 bits per heavy atom. The minimum absolute atomic E-state index is 0.0984. The summed E-state index contributed by atoms with van der Waals surface area (Å²) in [4.78, 5) is 21.3. The molecular formula is C14H23BrO5. The average molecular weight is 351 g/mol. The van der Waals surface area contributed by atoms with Gasteiger partial charge in [-0.25, -0.2) is 9.59 Å². The largest absolute Gasteiger partial charge is 0.463 e. The third-order valence-corrected chi connectivity index (χ3v) is 2.65. The first-order valence-electron chi connectivity index (χ1n) is 6.25. The van der Waals surface area contributed by atoms with Crippen LogP contribution < -0.4 is 0 Å². The number of alkyl halides is 1. The fourth-order valence-corrected chi connectivity index (χ4v) is 1.02. The summed E-state index contributed by atoms with van der Waals surface area (Å²) in [7, 11) is 0. The van der Waals surface area contributed by atoms with Crippen LogP contribution in [-0.2, 0) is 19.1 Å². The maximum Gasteiger partial charge on any atom is 0.330 e. The Hall–Kier alpha value is -1.14. The highest BCUT2D eigenvalue weighted by atomic mass is 79.9. The first-order valence-corrected chi connectivity index (χ1v) is 7.37. The van der Waals surface area contributed by atoms with E-state index in [2.05, 4.69) is 25.4 Å². The maximum atomic E-state index is 10.7. The lowest BCUT2D eigenvalue weighted by Gasteiger charge is -1.96. The van der Waals surface area contributed by atoms with E-state index in [1.165, 1.54) is 12.2 Å². The smallest absolute Gasteiger partial charge is 0.330 e. The van der Waals surface area contributed by atoms with Crippen LogP contribution in [0, 0.1) is 0 Å². The molecule has 0 saturated carbocycles. The molecule has 0 bridgehead atoms. The van der Waals surface area contributed by atoms with Gasteiger partial charge in [0.2, 0.25) is 0 Å². The Bertz CT molecular complexity index is 313. The molecule has 6 heteroatoms. The summed E-state index contributed by atoms with van der Waals surface area (Å²) in [5, 5.41) is 9.19. The molecule has 0 aromatic rings. The Balaban J connectivity index is 0. The van der Waals surface area contributed by atoms with Crippen molar-refractivity contribution in [2.45, 2.75) is 27.7 Å². The van der Waals surface area contributed by atoms with Gasteiger partial charge in [-0.2, -0.15) is 0 Å². The van der Waals surface area contributed by atoms with Crippen LogP contribution in [0.1, 0.15) is 27.7 Å². The number of rotatable bonds is 6. The van der Waals surface area contributed by atoms with Gasteiger partial charge in [0.1, 0.15) is 0 Å². The zero-order valence-corrected chi connectivity index (χ0v) is 14.0.